The third-order valence-corrected chi connectivity index (χ3v) is 4.17. The Balaban J connectivity index is 1.81. The third-order valence-electron chi connectivity index (χ3n) is 3.85. The number of hydrogen-bond donors (Lipinski definition) is 0. The highest BCUT2D eigenvalue weighted by atomic mass is 35.5. The second kappa shape index (κ2) is 5.66. The molecule has 2 aromatic rings. The molecule has 0 saturated carbocycles. The van der Waals surface area contributed by atoms with Gasteiger partial charge in [0.2, 0.25) is 0 Å². The van der Waals surface area contributed by atoms with Crippen LogP contribution in [0.2, 0.25) is 5.02 Å². The van der Waals surface area contributed by atoms with Gasteiger partial charge in [-0.2, -0.15) is 0 Å². The fourth-order valence-electron chi connectivity index (χ4n) is 2.94. The largest absolute Gasteiger partial charge is 0.367 e. The van der Waals surface area contributed by atoms with Crippen molar-refractivity contribution in [3.05, 3.63) is 65.2 Å². The maximum Gasteiger partial charge on any atom is 0.0639 e. The van der Waals surface area contributed by atoms with E-state index in [2.05, 4.69) is 47.4 Å². The Morgan fingerprint density at radius 3 is 2.53 bits per heavy atom. The van der Waals surface area contributed by atoms with Gasteiger partial charge in [0.15, 0.2) is 0 Å². The molecular weight excluding hydrogens is 254 g/mol. The Labute approximate surface area is 119 Å². The number of halogens is 1. The van der Waals surface area contributed by atoms with Gasteiger partial charge in [0.05, 0.1) is 10.7 Å². The molecule has 1 saturated heterocycles. The lowest BCUT2D eigenvalue weighted by atomic mass is 10.0. The molecule has 2 heteroatoms. The van der Waals surface area contributed by atoms with Crippen LogP contribution in [0.5, 0.6) is 0 Å². The summed E-state index contributed by atoms with van der Waals surface area (Å²) >= 11 is 6.33. The van der Waals surface area contributed by atoms with Crippen molar-refractivity contribution in [2.24, 2.45) is 0 Å². The van der Waals surface area contributed by atoms with E-state index in [0.717, 1.165) is 18.0 Å². The lowest BCUT2D eigenvalue weighted by molar-refractivity contribution is 0.663. The molecule has 0 spiro atoms. The van der Waals surface area contributed by atoms with E-state index in [1.807, 2.05) is 12.1 Å². The maximum absolute atomic E-state index is 6.33. The molecule has 2 aromatic carbocycles. The molecule has 0 aromatic heterocycles. The zero-order valence-electron chi connectivity index (χ0n) is 10.9. The molecule has 1 atom stereocenters. The molecule has 0 aliphatic carbocycles. The van der Waals surface area contributed by atoms with Gasteiger partial charge < -0.3 is 4.90 Å². The fraction of sp³-hybridized carbons (Fsp3) is 0.294. The van der Waals surface area contributed by atoms with Crippen molar-refractivity contribution in [2.75, 3.05) is 11.4 Å². The minimum absolute atomic E-state index is 0.572. The van der Waals surface area contributed by atoms with Crippen LogP contribution in [0.1, 0.15) is 18.4 Å². The maximum atomic E-state index is 6.33. The standard InChI is InChI=1S/C17H18ClN/c18-16-10-4-5-11-17(16)19-12-6-9-15(19)13-14-7-2-1-3-8-14/h1-5,7-8,10-11,15H,6,9,12-13H2/t15-/m1/s1. The van der Waals surface area contributed by atoms with E-state index >= 15 is 0 Å². The number of anilines is 1. The smallest absolute Gasteiger partial charge is 0.0639 e. The summed E-state index contributed by atoms with van der Waals surface area (Å²) in [5.41, 5.74) is 2.59. The molecule has 0 radical (unpaired) electrons. The minimum atomic E-state index is 0.572. The average molecular weight is 272 g/mol. The zero-order chi connectivity index (χ0) is 13.1. The van der Waals surface area contributed by atoms with Crippen LogP contribution in [0.15, 0.2) is 54.6 Å². The first-order valence-electron chi connectivity index (χ1n) is 6.90. The molecule has 1 fully saturated rings. The molecule has 0 unspecified atom stereocenters. The van der Waals surface area contributed by atoms with Crippen LogP contribution in [0.4, 0.5) is 5.69 Å². The first kappa shape index (κ1) is 12.6. The highest BCUT2D eigenvalue weighted by Crippen LogP contribution is 2.32. The molecule has 0 N–H and O–H groups in total. The molecule has 1 aliphatic rings. The Hall–Kier alpha value is -1.47. The summed E-state index contributed by atoms with van der Waals surface area (Å²) in [5, 5.41) is 0.863. The summed E-state index contributed by atoms with van der Waals surface area (Å²) in [6, 6.07) is 19.5. The molecule has 1 heterocycles. The lowest BCUT2D eigenvalue weighted by Crippen LogP contribution is -2.31. The van der Waals surface area contributed by atoms with Crippen LogP contribution in [0.25, 0.3) is 0 Å². The monoisotopic (exact) mass is 271 g/mol. The fourth-order valence-corrected chi connectivity index (χ4v) is 3.18. The first-order valence-corrected chi connectivity index (χ1v) is 7.27. The summed E-state index contributed by atoms with van der Waals surface area (Å²) in [4.78, 5) is 2.47. The van der Waals surface area contributed by atoms with Gasteiger partial charge in [0.25, 0.3) is 0 Å². The van der Waals surface area contributed by atoms with Crippen LogP contribution in [-0.4, -0.2) is 12.6 Å². The highest BCUT2D eigenvalue weighted by Gasteiger charge is 2.25. The molecule has 1 aliphatic heterocycles. The number of para-hydroxylation sites is 1. The number of benzene rings is 2. The summed E-state index contributed by atoms with van der Waals surface area (Å²) in [6.45, 7) is 1.11. The van der Waals surface area contributed by atoms with E-state index in [-0.39, 0.29) is 0 Å². The summed E-state index contributed by atoms with van der Waals surface area (Å²) in [5.74, 6) is 0. The van der Waals surface area contributed by atoms with Crippen LogP contribution < -0.4 is 4.90 Å². The van der Waals surface area contributed by atoms with Gasteiger partial charge in [-0.3, -0.25) is 0 Å². The van der Waals surface area contributed by atoms with Crippen molar-refractivity contribution in [2.45, 2.75) is 25.3 Å². The average Bonchev–Trinajstić information content (AvgIpc) is 2.88. The van der Waals surface area contributed by atoms with E-state index in [1.54, 1.807) is 0 Å². The molecule has 0 bridgehead atoms. The molecule has 3 rings (SSSR count). The van der Waals surface area contributed by atoms with Crippen molar-refractivity contribution in [3.8, 4) is 0 Å². The first-order chi connectivity index (χ1) is 9.34. The van der Waals surface area contributed by atoms with Crippen LogP contribution in [0.3, 0.4) is 0 Å². The van der Waals surface area contributed by atoms with Gasteiger partial charge in [-0.15, -0.1) is 0 Å². The zero-order valence-corrected chi connectivity index (χ0v) is 11.7. The van der Waals surface area contributed by atoms with E-state index in [4.69, 9.17) is 11.6 Å². The second-order valence-corrected chi connectivity index (χ2v) is 5.54. The predicted molar refractivity (Wildman–Crippen MR) is 82.0 cm³/mol. The summed E-state index contributed by atoms with van der Waals surface area (Å²) in [7, 11) is 0. The minimum Gasteiger partial charge on any atom is -0.367 e. The van der Waals surface area contributed by atoms with Crippen LogP contribution >= 0.6 is 11.6 Å². The summed E-state index contributed by atoms with van der Waals surface area (Å²) in [6.07, 6.45) is 3.61. The number of hydrogen-bond acceptors (Lipinski definition) is 1. The van der Waals surface area contributed by atoms with Crippen molar-refractivity contribution < 1.29 is 0 Å². The second-order valence-electron chi connectivity index (χ2n) is 5.13. The van der Waals surface area contributed by atoms with Gasteiger partial charge in [-0.25, -0.2) is 0 Å². The topological polar surface area (TPSA) is 3.24 Å². The van der Waals surface area contributed by atoms with Gasteiger partial charge in [-0.05, 0) is 37.0 Å². The highest BCUT2D eigenvalue weighted by molar-refractivity contribution is 6.33. The Morgan fingerprint density at radius 1 is 1.00 bits per heavy atom. The van der Waals surface area contributed by atoms with E-state index in [1.165, 1.54) is 24.1 Å². The molecule has 19 heavy (non-hydrogen) atoms. The molecule has 1 nitrogen and oxygen atoms in total. The number of nitrogens with zero attached hydrogens (tertiary/aromatic N) is 1. The van der Waals surface area contributed by atoms with E-state index < -0.39 is 0 Å². The van der Waals surface area contributed by atoms with Gasteiger partial charge in [0, 0.05) is 12.6 Å². The van der Waals surface area contributed by atoms with Crippen molar-refractivity contribution in [1.29, 1.82) is 0 Å². The van der Waals surface area contributed by atoms with Gasteiger partial charge in [-0.1, -0.05) is 54.1 Å². The SMILES string of the molecule is Clc1ccccc1N1CCC[C@@H]1Cc1ccccc1. The molecular formula is C17H18ClN. The van der Waals surface area contributed by atoms with E-state index in [0.29, 0.717) is 6.04 Å². The Kier molecular flexibility index (Phi) is 3.74. The Morgan fingerprint density at radius 2 is 1.74 bits per heavy atom. The van der Waals surface area contributed by atoms with Gasteiger partial charge >= 0.3 is 0 Å². The quantitative estimate of drug-likeness (QED) is 0.791. The third kappa shape index (κ3) is 2.76. The van der Waals surface area contributed by atoms with E-state index in [9.17, 15) is 0 Å². The lowest BCUT2D eigenvalue weighted by Gasteiger charge is -2.27. The molecule has 0 amide bonds. The predicted octanol–water partition coefficient (Wildman–Crippen LogP) is 4.55. The van der Waals surface area contributed by atoms with Crippen molar-refractivity contribution in [3.63, 3.8) is 0 Å². The van der Waals surface area contributed by atoms with Crippen LogP contribution in [0, 0.1) is 0 Å². The normalized spacial score (nSPS) is 18.8. The summed E-state index contributed by atoms with van der Waals surface area (Å²) < 4.78 is 0. The van der Waals surface area contributed by atoms with Crippen LogP contribution in [-0.2, 0) is 6.42 Å². The van der Waals surface area contributed by atoms with Gasteiger partial charge in [0.1, 0.15) is 0 Å². The Bertz CT molecular complexity index is 538. The molecule has 98 valence electrons. The van der Waals surface area contributed by atoms with Crippen molar-refractivity contribution >= 4 is 17.3 Å². The van der Waals surface area contributed by atoms with Crippen molar-refractivity contribution in [1.82, 2.24) is 0 Å². The number of rotatable bonds is 3.